The quantitative estimate of drug-likeness (QED) is 0.857. The summed E-state index contributed by atoms with van der Waals surface area (Å²) >= 11 is 0. The van der Waals surface area contributed by atoms with Gasteiger partial charge in [0.25, 0.3) is 0 Å². The molecule has 1 aromatic heterocycles. The van der Waals surface area contributed by atoms with Crippen molar-refractivity contribution in [2.75, 3.05) is 13.7 Å². The number of hydrogen-bond donors (Lipinski definition) is 0. The summed E-state index contributed by atoms with van der Waals surface area (Å²) in [5.74, 6) is -2.57. The first-order valence-electron chi connectivity index (χ1n) is 7.14. The lowest BCUT2D eigenvalue weighted by atomic mass is 9.80. The third-order valence-electron chi connectivity index (χ3n) is 4.39. The lowest BCUT2D eigenvalue weighted by Gasteiger charge is -2.41. The standard InChI is InChI=1S/C14H19F2N3O2/c1-9-12-17-7-11(8-21-2)19(12)4-3-18(9)13(20)10-5-14(15,16)6-10/h7,9-10H,3-6,8H2,1-2H3/t9-/m1/s1. The van der Waals surface area contributed by atoms with Crippen LogP contribution in [0, 0.1) is 5.92 Å². The van der Waals surface area contributed by atoms with Gasteiger partial charge in [0.2, 0.25) is 11.8 Å². The molecule has 0 N–H and O–H groups in total. The van der Waals surface area contributed by atoms with Crippen molar-refractivity contribution in [2.24, 2.45) is 5.92 Å². The molecule has 3 rings (SSSR count). The maximum atomic E-state index is 12.9. The highest BCUT2D eigenvalue weighted by atomic mass is 19.3. The van der Waals surface area contributed by atoms with E-state index in [9.17, 15) is 13.6 Å². The lowest BCUT2D eigenvalue weighted by molar-refractivity contribution is -0.162. The Hall–Kier alpha value is -1.50. The Morgan fingerprint density at radius 2 is 2.19 bits per heavy atom. The molecule has 1 fully saturated rings. The minimum atomic E-state index is -2.66. The van der Waals surface area contributed by atoms with E-state index >= 15 is 0 Å². The molecule has 21 heavy (non-hydrogen) atoms. The molecule has 0 bridgehead atoms. The van der Waals surface area contributed by atoms with Crippen LogP contribution in [0.15, 0.2) is 6.20 Å². The number of carbonyl (C=O) groups is 1. The van der Waals surface area contributed by atoms with Gasteiger partial charge in [0.15, 0.2) is 0 Å². The third kappa shape index (κ3) is 2.43. The summed E-state index contributed by atoms with van der Waals surface area (Å²) in [6.07, 6.45) is 1.11. The summed E-state index contributed by atoms with van der Waals surface area (Å²) in [7, 11) is 1.62. The second-order valence-electron chi connectivity index (χ2n) is 5.86. The normalized spacial score (nSPS) is 24.6. The fourth-order valence-electron chi connectivity index (χ4n) is 3.19. The summed E-state index contributed by atoms with van der Waals surface area (Å²) in [5, 5.41) is 0. The van der Waals surface area contributed by atoms with Gasteiger partial charge in [-0.1, -0.05) is 0 Å². The monoisotopic (exact) mass is 299 g/mol. The number of imidazole rings is 1. The molecule has 1 aromatic rings. The van der Waals surface area contributed by atoms with Crippen LogP contribution < -0.4 is 0 Å². The first-order valence-corrected chi connectivity index (χ1v) is 7.14. The fourth-order valence-corrected chi connectivity index (χ4v) is 3.19. The number of aromatic nitrogens is 2. The Morgan fingerprint density at radius 1 is 1.48 bits per heavy atom. The van der Waals surface area contributed by atoms with Crippen LogP contribution in [-0.4, -0.2) is 39.9 Å². The molecule has 7 heteroatoms. The van der Waals surface area contributed by atoms with E-state index in [0.717, 1.165) is 11.5 Å². The molecule has 1 aliphatic carbocycles. The lowest BCUT2D eigenvalue weighted by Crippen LogP contribution is -2.50. The van der Waals surface area contributed by atoms with E-state index in [0.29, 0.717) is 19.7 Å². The number of nitrogens with zero attached hydrogens (tertiary/aromatic N) is 3. The van der Waals surface area contributed by atoms with Crippen molar-refractivity contribution in [2.45, 2.75) is 44.9 Å². The molecular weight excluding hydrogens is 280 g/mol. The second-order valence-corrected chi connectivity index (χ2v) is 5.86. The van der Waals surface area contributed by atoms with E-state index in [1.54, 1.807) is 18.2 Å². The first-order chi connectivity index (χ1) is 9.93. The van der Waals surface area contributed by atoms with Gasteiger partial charge < -0.3 is 14.2 Å². The predicted molar refractivity (Wildman–Crippen MR) is 70.7 cm³/mol. The van der Waals surface area contributed by atoms with Crippen LogP contribution in [0.3, 0.4) is 0 Å². The summed E-state index contributed by atoms with van der Waals surface area (Å²) in [6.45, 7) is 3.53. The van der Waals surface area contributed by atoms with Gasteiger partial charge in [-0.3, -0.25) is 4.79 Å². The van der Waals surface area contributed by atoms with Gasteiger partial charge in [-0.2, -0.15) is 0 Å². The topological polar surface area (TPSA) is 47.4 Å². The van der Waals surface area contributed by atoms with Gasteiger partial charge in [-0.15, -0.1) is 0 Å². The molecule has 0 saturated heterocycles. The zero-order valence-corrected chi connectivity index (χ0v) is 12.2. The predicted octanol–water partition coefficient (Wildman–Crippen LogP) is 1.98. The Balaban J connectivity index is 1.74. The van der Waals surface area contributed by atoms with Crippen molar-refractivity contribution < 1.29 is 18.3 Å². The molecule has 2 heterocycles. The molecule has 1 saturated carbocycles. The van der Waals surface area contributed by atoms with Gasteiger partial charge in [-0.25, -0.2) is 13.8 Å². The van der Waals surface area contributed by atoms with Crippen molar-refractivity contribution in [3.8, 4) is 0 Å². The minimum Gasteiger partial charge on any atom is -0.378 e. The van der Waals surface area contributed by atoms with E-state index in [1.807, 2.05) is 11.5 Å². The van der Waals surface area contributed by atoms with Crippen molar-refractivity contribution in [3.05, 3.63) is 17.7 Å². The van der Waals surface area contributed by atoms with Crippen molar-refractivity contribution in [3.63, 3.8) is 0 Å². The minimum absolute atomic E-state index is 0.170. The zero-order valence-electron chi connectivity index (χ0n) is 12.2. The summed E-state index contributed by atoms with van der Waals surface area (Å²) < 4.78 is 33.1. The highest BCUT2D eigenvalue weighted by Crippen LogP contribution is 2.44. The van der Waals surface area contributed by atoms with E-state index in [2.05, 4.69) is 4.98 Å². The fraction of sp³-hybridized carbons (Fsp3) is 0.714. The Labute approximate surface area is 121 Å². The molecule has 0 spiro atoms. The summed E-state index contributed by atoms with van der Waals surface area (Å²) in [5.41, 5.74) is 0.974. The number of methoxy groups -OCH3 is 1. The third-order valence-corrected chi connectivity index (χ3v) is 4.39. The summed E-state index contributed by atoms with van der Waals surface area (Å²) in [4.78, 5) is 18.4. The number of amides is 1. The number of rotatable bonds is 3. The largest absolute Gasteiger partial charge is 0.378 e. The first kappa shape index (κ1) is 14.4. The number of halogens is 2. The smallest absolute Gasteiger partial charge is 0.249 e. The molecule has 0 unspecified atom stereocenters. The average Bonchev–Trinajstić information content (AvgIpc) is 2.80. The molecule has 2 aliphatic rings. The van der Waals surface area contributed by atoms with Gasteiger partial charge in [0.1, 0.15) is 5.82 Å². The van der Waals surface area contributed by atoms with Crippen LogP contribution in [-0.2, 0) is 22.7 Å². The molecule has 0 radical (unpaired) electrons. The van der Waals surface area contributed by atoms with Crippen LogP contribution in [0.1, 0.15) is 37.3 Å². The SMILES string of the molecule is COCc1cnc2n1CCN(C(=O)C1CC(F)(F)C1)[C@@H]2C. The van der Waals surface area contributed by atoms with Crippen LogP contribution in [0.5, 0.6) is 0 Å². The molecule has 1 amide bonds. The average molecular weight is 299 g/mol. The van der Waals surface area contributed by atoms with Gasteiger partial charge in [0.05, 0.1) is 24.5 Å². The van der Waals surface area contributed by atoms with Crippen LogP contribution >= 0.6 is 0 Å². The van der Waals surface area contributed by atoms with E-state index in [1.165, 1.54) is 0 Å². The van der Waals surface area contributed by atoms with E-state index < -0.39 is 11.8 Å². The molecule has 116 valence electrons. The van der Waals surface area contributed by atoms with E-state index in [-0.39, 0.29) is 24.8 Å². The van der Waals surface area contributed by atoms with Crippen molar-refractivity contribution in [1.29, 1.82) is 0 Å². The highest BCUT2D eigenvalue weighted by molar-refractivity contribution is 5.80. The number of ether oxygens (including phenoxy) is 1. The second kappa shape index (κ2) is 5.05. The van der Waals surface area contributed by atoms with Crippen LogP contribution in [0.4, 0.5) is 8.78 Å². The van der Waals surface area contributed by atoms with Crippen molar-refractivity contribution in [1.82, 2.24) is 14.5 Å². The van der Waals surface area contributed by atoms with Crippen LogP contribution in [0.2, 0.25) is 0 Å². The molecular formula is C14H19F2N3O2. The molecule has 1 atom stereocenters. The van der Waals surface area contributed by atoms with Crippen molar-refractivity contribution >= 4 is 5.91 Å². The maximum Gasteiger partial charge on any atom is 0.249 e. The number of carbonyl (C=O) groups excluding carboxylic acids is 1. The highest BCUT2D eigenvalue weighted by Gasteiger charge is 2.50. The van der Waals surface area contributed by atoms with Gasteiger partial charge in [0, 0.05) is 39.0 Å². The number of alkyl halides is 2. The number of hydrogen-bond acceptors (Lipinski definition) is 3. The maximum absolute atomic E-state index is 12.9. The van der Waals surface area contributed by atoms with E-state index in [4.69, 9.17) is 4.74 Å². The zero-order chi connectivity index (χ0) is 15.2. The molecule has 1 aliphatic heterocycles. The Morgan fingerprint density at radius 3 is 2.81 bits per heavy atom. The van der Waals surface area contributed by atoms with Crippen LogP contribution in [0.25, 0.3) is 0 Å². The number of fused-ring (bicyclic) bond motifs is 1. The Kier molecular flexibility index (Phi) is 3.47. The summed E-state index contributed by atoms with van der Waals surface area (Å²) in [6, 6.07) is -0.189. The van der Waals surface area contributed by atoms with Gasteiger partial charge >= 0.3 is 0 Å². The Bertz CT molecular complexity index is 550. The molecule has 5 nitrogen and oxygen atoms in total. The molecule has 0 aromatic carbocycles. The van der Waals surface area contributed by atoms with Gasteiger partial charge in [-0.05, 0) is 6.92 Å².